The molecule has 6 rings (SSSR count). The third kappa shape index (κ3) is 5.90. The smallest absolute Gasteiger partial charge is 0.249 e. The third-order valence-electron chi connectivity index (χ3n) is 8.09. The van der Waals surface area contributed by atoms with Gasteiger partial charge in [-0.25, -0.2) is 9.97 Å². The quantitative estimate of drug-likeness (QED) is 0.149. The van der Waals surface area contributed by atoms with E-state index in [0.717, 1.165) is 77.3 Å². The maximum atomic E-state index is 12.3. The fourth-order valence-electron chi connectivity index (χ4n) is 5.72. The van der Waals surface area contributed by atoms with Crippen molar-refractivity contribution in [3.05, 3.63) is 48.7 Å². The van der Waals surface area contributed by atoms with Crippen LogP contribution in [0.15, 0.2) is 48.1 Å². The summed E-state index contributed by atoms with van der Waals surface area (Å²) >= 11 is -1.00. The first kappa shape index (κ1) is 27.9. The monoisotopic (exact) mass is 588 g/mol. The van der Waals surface area contributed by atoms with Gasteiger partial charge in [0.05, 0.1) is 30.4 Å². The van der Waals surface area contributed by atoms with Gasteiger partial charge in [0.25, 0.3) is 0 Å². The molecule has 4 aromatic rings. The lowest BCUT2D eigenvalue weighted by Crippen LogP contribution is -2.25. The zero-order valence-corrected chi connectivity index (χ0v) is 25.7. The molecule has 41 heavy (non-hydrogen) atoms. The number of ether oxygens (including phenoxy) is 1. The van der Waals surface area contributed by atoms with Gasteiger partial charge >= 0.3 is 0 Å². The lowest BCUT2D eigenvalue weighted by molar-refractivity contribution is 0.0899. The van der Waals surface area contributed by atoms with Gasteiger partial charge in [-0.1, -0.05) is 19.6 Å². The van der Waals surface area contributed by atoms with Gasteiger partial charge in [0, 0.05) is 80.2 Å². The molecule has 0 saturated carbocycles. The molecule has 1 saturated heterocycles. The fourth-order valence-corrected chi connectivity index (χ4v) is 7.74. The Labute approximate surface area is 244 Å². The molecular formula is C29H36N8O2SSi. The van der Waals surface area contributed by atoms with E-state index >= 15 is 0 Å². The second-order valence-corrected chi connectivity index (χ2v) is 19.3. The van der Waals surface area contributed by atoms with Crippen molar-refractivity contribution in [2.75, 3.05) is 30.3 Å². The number of hydrogen-bond acceptors (Lipinski definition) is 8. The summed E-state index contributed by atoms with van der Waals surface area (Å²) in [5.74, 6) is 1.77. The van der Waals surface area contributed by atoms with Crippen molar-refractivity contribution in [1.82, 2.24) is 29.3 Å². The van der Waals surface area contributed by atoms with Crippen molar-refractivity contribution < 1.29 is 9.29 Å². The van der Waals surface area contributed by atoms with Crippen LogP contribution in [-0.4, -0.2) is 67.4 Å². The van der Waals surface area contributed by atoms with Gasteiger partial charge in [-0.3, -0.25) is 4.68 Å². The van der Waals surface area contributed by atoms with E-state index < -0.39 is 19.2 Å². The van der Waals surface area contributed by atoms with Crippen LogP contribution in [0.5, 0.6) is 0 Å². The summed E-state index contributed by atoms with van der Waals surface area (Å²) in [4.78, 5) is 16.1. The molecule has 0 aromatic carbocycles. The van der Waals surface area contributed by atoms with Crippen molar-refractivity contribution in [2.45, 2.75) is 62.7 Å². The maximum Gasteiger partial charge on any atom is 0.249 e. The van der Waals surface area contributed by atoms with Gasteiger partial charge in [-0.15, -0.1) is 0 Å². The minimum absolute atomic E-state index is 0.0657. The topological polar surface area (TPSA) is 121 Å². The van der Waals surface area contributed by atoms with Gasteiger partial charge < -0.3 is 18.8 Å². The van der Waals surface area contributed by atoms with Gasteiger partial charge in [0.15, 0.2) is 0 Å². The number of pyridine rings is 1. The molecular weight excluding hydrogens is 553 g/mol. The molecule has 2 aliphatic rings. The molecule has 4 aromatic heterocycles. The summed E-state index contributed by atoms with van der Waals surface area (Å²) in [5.41, 5.74) is 3.65. The zero-order chi connectivity index (χ0) is 28.6. The molecule has 3 atom stereocenters. The Morgan fingerprint density at radius 3 is 2.95 bits per heavy atom. The summed E-state index contributed by atoms with van der Waals surface area (Å²) in [5, 5.41) is 16.1. The number of aromatic nitrogens is 6. The molecule has 0 spiro atoms. The molecule has 3 unspecified atom stereocenters. The van der Waals surface area contributed by atoms with Crippen LogP contribution in [0.3, 0.4) is 0 Å². The van der Waals surface area contributed by atoms with Crippen molar-refractivity contribution in [2.24, 2.45) is 5.92 Å². The van der Waals surface area contributed by atoms with Crippen LogP contribution in [0.25, 0.3) is 22.3 Å². The van der Waals surface area contributed by atoms with Crippen molar-refractivity contribution >= 4 is 36.1 Å². The molecule has 6 heterocycles. The van der Waals surface area contributed by atoms with Gasteiger partial charge in [-0.05, 0) is 30.7 Å². The van der Waals surface area contributed by atoms with Crippen LogP contribution >= 0.6 is 0 Å². The number of fused-ring (bicyclic) bond motifs is 2. The lowest BCUT2D eigenvalue weighted by atomic mass is 9.96. The third-order valence-corrected chi connectivity index (χ3v) is 11.2. The van der Waals surface area contributed by atoms with Crippen LogP contribution in [-0.2, 0) is 29.1 Å². The molecule has 10 nitrogen and oxygen atoms in total. The standard InChI is InChI=1S/C29H36N8O2SSi/c1-41(2,3)15-13-39-20-36-12-8-24-27(31-19-32-28(24)36)23-16-33-37(18-23)25(6-10-30)22-7-11-35(17-22)26-5-4-21-9-14-40(38)29(21)34-26/h4-5,8,12,16,18-19,22,25H,6-7,9,11,13-15,17,20H2,1-3H3. The highest BCUT2D eigenvalue weighted by atomic mass is 32.2. The lowest BCUT2D eigenvalue weighted by Gasteiger charge is -2.23. The zero-order valence-electron chi connectivity index (χ0n) is 23.9. The van der Waals surface area contributed by atoms with Gasteiger partial charge in [-0.2, -0.15) is 15.3 Å². The summed E-state index contributed by atoms with van der Waals surface area (Å²) in [7, 11) is -1.14. The predicted molar refractivity (Wildman–Crippen MR) is 162 cm³/mol. The van der Waals surface area contributed by atoms with Gasteiger partial charge in [0.2, 0.25) is 5.03 Å². The molecule has 0 N–H and O–H groups in total. The molecule has 0 radical (unpaired) electrons. The first-order chi connectivity index (χ1) is 19.8. The van der Waals surface area contributed by atoms with Crippen LogP contribution in [0.2, 0.25) is 25.7 Å². The van der Waals surface area contributed by atoms with E-state index in [4.69, 9.17) is 14.8 Å². The summed E-state index contributed by atoms with van der Waals surface area (Å²) in [6.07, 6.45) is 9.55. The Morgan fingerprint density at radius 2 is 2.12 bits per heavy atom. The molecule has 1 fully saturated rings. The van der Waals surface area contributed by atoms with Crippen molar-refractivity contribution in [3.8, 4) is 17.3 Å². The normalized spacial score (nSPS) is 19.5. The van der Waals surface area contributed by atoms with Crippen LogP contribution in [0, 0.1) is 17.2 Å². The molecule has 12 heteroatoms. The molecule has 0 amide bonds. The number of rotatable bonds is 10. The first-order valence-electron chi connectivity index (χ1n) is 14.2. The molecule has 214 valence electrons. The minimum Gasteiger partial charge on any atom is -0.610 e. The number of aryl methyl sites for hydroxylation is 1. The van der Waals surface area contributed by atoms with E-state index in [9.17, 15) is 9.81 Å². The van der Waals surface area contributed by atoms with E-state index in [-0.39, 0.29) is 12.0 Å². The highest BCUT2D eigenvalue weighted by molar-refractivity contribution is 7.91. The minimum atomic E-state index is -1.14. The Bertz CT molecular complexity index is 1580. The van der Waals surface area contributed by atoms with Crippen molar-refractivity contribution in [3.63, 3.8) is 0 Å². The largest absolute Gasteiger partial charge is 0.610 e. The number of nitriles is 1. The summed E-state index contributed by atoms with van der Waals surface area (Å²) < 4.78 is 22.2. The van der Waals surface area contributed by atoms with Crippen LogP contribution < -0.4 is 4.90 Å². The van der Waals surface area contributed by atoms with Gasteiger partial charge in [0.1, 0.15) is 30.3 Å². The van der Waals surface area contributed by atoms with Crippen LogP contribution in [0.4, 0.5) is 5.82 Å². The Hall–Kier alpha value is -3.24. The summed E-state index contributed by atoms with van der Waals surface area (Å²) in [6, 6.07) is 9.57. The van der Waals surface area contributed by atoms with E-state index in [1.807, 2.05) is 40.0 Å². The Morgan fingerprint density at radius 1 is 1.24 bits per heavy atom. The van der Waals surface area contributed by atoms with E-state index in [1.165, 1.54) is 0 Å². The molecule has 0 bridgehead atoms. The van der Waals surface area contributed by atoms with E-state index in [1.54, 1.807) is 6.33 Å². The highest BCUT2D eigenvalue weighted by Gasteiger charge is 2.34. The van der Waals surface area contributed by atoms with Crippen LogP contribution in [0.1, 0.15) is 24.4 Å². The average molecular weight is 589 g/mol. The SMILES string of the molecule is C[Si](C)(C)CCOCn1ccc2c(-c3cnn(C(CC#N)C4CCN(c5ccc6c(n5)[S+]([O-])CC6)C4)c3)ncnc21. The van der Waals surface area contributed by atoms with E-state index in [0.29, 0.717) is 18.9 Å². The second-order valence-electron chi connectivity index (χ2n) is 12.2. The highest BCUT2D eigenvalue weighted by Crippen LogP contribution is 2.35. The Balaban J connectivity index is 1.18. The number of nitrogens with zero attached hydrogens (tertiary/aromatic N) is 8. The second kappa shape index (κ2) is 11.6. The predicted octanol–water partition coefficient (Wildman–Crippen LogP) is 4.65. The number of anilines is 1. The van der Waals surface area contributed by atoms with E-state index in [2.05, 4.69) is 46.6 Å². The molecule has 2 aliphatic heterocycles. The Kier molecular flexibility index (Phi) is 7.87. The average Bonchev–Trinajstić information content (AvgIpc) is 3.76. The molecule has 0 aliphatic carbocycles. The first-order valence-corrected chi connectivity index (χ1v) is 19.3. The maximum absolute atomic E-state index is 12.3. The van der Waals surface area contributed by atoms with Crippen molar-refractivity contribution in [1.29, 1.82) is 5.26 Å². The fraction of sp³-hybridized carbons (Fsp3) is 0.483. The number of hydrogen-bond donors (Lipinski definition) is 0. The summed E-state index contributed by atoms with van der Waals surface area (Å²) in [6.45, 7) is 9.88.